The number of hydrogen-bond donors (Lipinski definition) is 2. The summed E-state index contributed by atoms with van der Waals surface area (Å²) in [4.78, 5) is 0. The van der Waals surface area contributed by atoms with Crippen molar-refractivity contribution in [3.05, 3.63) is 0 Å². The lowest BCUT2D eigenvalue weighted by atomic mass is 9.95. The number of aliphatic hydroxyl groups is 1. The van der Waals surface area contributed by atoms with E-state index in [9.17, 15) is 0 Å². The highest BCUT2D eigenvalue weighted by molar-refractivity contribution is 7.80. The maximum absolute atomic E-state index is 8.85. The fourth-order valence-corrected chi connectivity index (χ4v) is 1.92. The molecule has 13 heavy (non-hydrogen) atoms. The summed E-state index contributed by atoms with van der Waals surface area (Å²) in [5, 5.41) is 9.28. The SMILES string of the molecule is CCCCCCC(CCO)C(C)S. The van der Waals surface area contributed by atoms with Gasteiger partial charge in [0, 0.05) is 11.9 Å². The Kier molecular flexibility index (Phi) is 9.10. The Morgan fingerprint density at radius 1 is 1.15 bits per heavy atom. The first-order chi connectivity index (χ1) is 6.22. The molecule has 0 saturated heterocycles. The third-order valence-corrected chi connectivity index (χ3v) is 3.03. The summed E-state index contributed by atoms with van der Waals surface area (Å²) in [6.07, 6.45) is 7.40. The van der Waals surface area contributed by atoms with Crippen LogP contribution in [0.2, 0.25) is 0 Å². The van der Waals surface area contributed by atoms with Crippen LogP contribution in [-0.4, -0.2) is 17.0 Å². The van der Waals surface area contributed by atoms with E-state index in [1.165, 1.54) is 32.1 Å². The second-order valence-corrected chi connectivity index (χ2v) is 4.68. The van der Waals surface area contributed by atoms with E-state index in [1.54, 1.807) is 0 Å². The summed E-state index contributed by atoms with van der Waals surface area (Å²) in [6.45, 7) is 4.67. The van der Waals surface area contributed by atoms with Gasteiger partial charge < -0.3 is 5.11 Å². The minimum absolute atomic E-state index is 0.309. The van der Waals surface area contributed by atoms with Crippen LogP contribution in [0.4, 0.5) is 0 Å². The molecule has 0 saturated carbocycles. The summed E-state index contributed by atoms with van der Waals surface area (Å²) in [6, 6.07) is 0. The first kappa shape index (κ1) is 13.3. The van der Waals surface area contributed by atoms with Crippen molar-refractivity contribution in [3.8, 4) is 0 Å². The maximum Gasteiger partial charge on any atom is 0.0434 e. The van der Waals surface area contributed by atoms with Gasteiger partial charge >= 0.3 is 0 Å². The highest BCUT2D eigenvalue weighted by atomic mass is 32.1. The molecule has 0 radical (unpaired) electrons. The molecule has 0 aliphatic heterocycles. The number of hydrogen-bond acceptors (Lipinski definition) is 2. The molecule has 0 heterocycles. The normalized spacial score (nSPS) is 15.7. The van der Waals surface area contributed by atoms with Gasteiger partial charge in [-0.05, 0) is 18.8 Å². The summed E-state index contributed by atoms with van der Waals surface area (Å²) in [5.74, 6) is 0.602. The van der Waals surface area contributed by atoms with Crippen molar-refractivity contribution in [2.75, 3.05) is 6.61 Å². The largest absolute Gasteiger partial charge is 0.396 e. The van der Waals surface area contributed by atoms with E-state index < -0.39 is 0 Å². The smallest absolute Gasteiger partial charge is 0.0434 e. The second kappa shape index (κ2) is 8.89. The Morgan fingerprint density at radius 2 is 1.85 bits per heavy atom. The minimum Gasteiger partial charge on any atom is -0.396 e. The predicted octanol–water partition coefficient (Wildman–Crippen LogP) is 3.27. The van der Waals surface area contributed by atoms with Crippen molar-refractivity contribution in [1.29, 1.82) is 0 Å². The van der Waals surface area contributed by atoms with Crippen molar-refractivity contribution < 1.29 is 5.11 Å². The van der Waals surface area contributed by atoms with E-state index in [0.717, 1.165) is 6.42 Å². The first-order valence-electron chi connectivity index (χ1n) is 5.51. The third-order valence-electron chi connectivity index (χ3n) is 2.61. The highest BCUT2D eigenvalue weighted by Gasteiger charge is 2.12. The quantitative estimate of drug-likeness (QED) is 0.459. The van der Waals surface area contributed by atoms with Crippen LogP contribution < -0.4 is 0 Å². The molecule has 1 N–H and O–H groups in total. The molecule has 2 atom stereocenters. The van der Waals surface area contributed by atoms with Crippen LogP contribution in [-0.2, 0) is 0 Å². The van der Waals surface area contributed by atoms with Crippen LogP contribution in [0, 0.1) is 5.92 Å². The van der Waals surface area contributed by atoms with Gasteiger partial charge in [0.05, 0.1) is 0 Å². The molecule has 0 rings (SSSR count). The topological polar surface area (TPSA) is 20.2 Å². The van der Waals surface area contributed by atoms with Crippen LogP contribution >= 0.6 is 12.6 Å². The van der Waals surface area contributed by atoms with Crippen molar-refractivity contribution in [1.82, 2.24) is 0 Å². The van der Waals surface area contributed by atoms with Crippen molar-refractivity contribution >= 4 is 12.6 Å². The molecule has 0 aromatic rings. The van der Waals surface area contributed by atoms with Gasteiger partial charge in [0.25, 0.3) is 0 Å². The van der Waals surface area contributed by atoms with Gasteiger partial charge in [-0.3, -0.25) is 0 Å². The zero-order chi connectivity index (χ0) is 10.1. The van der Waals surface area contributed by atoms with Crippen molar-refractivity contribution in [3.63, 3.8) is 0 Å². The molecule has 0 aromatic heterocycles. The van der Waals surface area contributed by atoms with Crippen LogP contribution in [0.3, 0.4) is 0 Å². The molecule has 0 amide bonds. The summed E-state index contributed by atoms with van der Waals surface area (Å²) in [5.41, 5.74) is 0. The van der Waals surface area contributed by atoms with E-state index in [2.05, 4.69) is 26.5 Å². The van der Waals surface area contributed by atoms with Gasteiger partial charge in [-0.1, -0.05) is 39.5 Å². The molecular weight excluding hydrogens is 180 g/mol. The third kappa shape index (κ3) is 7.39. The standard InChI is InChI=1S/C11H24OS/c1-3-4-5-6-7-11(8-9-12)10(2)13/h10-13H,3-9H2,1-2H3. The minimum atomic E-state index is 0.309. The average Bonchev–Trinajstić information content (AvgIpc) is 2.10. The average molecular weight is 204 g/mol. The molecule has 0 aromatic carbocycles. The van der Waals surface area contributed by atoms with Crippen LogP contribution in [0.1, 0.15) is 52.4 Å². The lowest BCUT2D eigenvalue weighted by Crippen LogP contribution is -2.13. The Hall–Kier alpha value is 0.310. The molecule has 0 fully saturated rings. The van der Waals surface area contributed by atoms with Crippen LogP contribution in [0.15, 0.2) is 0 Å². The molecule has 0 spiro atoms. The van der Waals surface area contributed by atoms with E-state index in [1.807, 2.05) is 0 Å². The first-order valence-corrected chi connectivity index (χ1v) is 6.03. The molecule has 1 nitrogen and oxygen atoms in total. The monoisotopic (exact) mass is 204 g/mol. The van der Waals surface area contributed by atoms with Gasteiger partial charge in [-0.2, -0.15) is 12.6 Å². The number of thiol groups is 1. The fraction of sp³-hybridized carbons (Fsp3) is 1.00. The van der Waals surface area contributed by atoms with Gasteiger partial charge in [0.1, 0.15) is 0 Å². The number of aliphatic hydroxyl groups excluding tert-OH is 1. The fourth-order valence-electron chi connectivity index (χ4n) is 1.63. The Bertz CT molecular complexity index is 104. The molecule has 2 heteroatoms. The Morgan fingerprint density at radius 3 is 2.31 bits per heavy atom. The predicted molar refractivity (Wildman–Crippen MR) is 62.4 cm³/mol. The van der Waals surface area contributed by atoms with Gasteiger partial charge in [0.2, 0.25) is 0 Å². The summed E-state index contributed by atoms with van der Waals surface area (Å²) < 4.78 is 0. The summed E-state index contributed by atoms with van der Waals surface area (Å²) >= 11 is 4.44. The molecule has 80 valence electrons. The Balaban J connectivity index is 3.45. The van der Waals surface area contributed by atoms with Crippen molar-refractivity contribution in [2.24, 2.45) is 5.92 Å². The maximum atomic E-state index is 8.85. The van der Waals surface area contributed by atoms with E-state index in [4.69, 9.17) is 5.11 Å². The van der Waals surface area contributed by atoms with Crippen LogP contribution in [0.5, 0.6) is 0 Å². The number of rotatable bonds is 8. The van der Waals surface area contributed by atoms with Gasteiger partial charge in [0.15, 0.2) is 0 Å². The summed E-state index contributed by atoms with van der Waals surface area (Å²) in [7, 11) is 0. The van der Waals surface area contributed by atoms with E-state index in [-0.39, 0.29) is 0 Å². The Labute approximate surface area is 88.3 Å². The van der Waals surface area contributed by atoms with Crippen molar-refractivity contribution in [2.45, 2.75) is 57.6 Å². The van der Waals surface area contributed by atoms with E-state index >= 15 is 0 Å². The highest BCUT2D eigenvalue weighted by Crippen LogP contribution is 2.21. The second-order valence-electron chi connectivity index (χ2n) is 3.86. The number of unbranched alkanes of at least 4 members (excludes halogenated alkanes) is 3. The lowest BCUT2D eigenvalue weighted by molar-refractivity contribution is 0.249. The lowest BCUT2D eigenvalue weighted by Gasteiger charge is -2.18. The van der Waals surface area contributed by atoms with Gasteiger partial charge in [-0.15, -0.1) is 0 Å². The van der Waals surface area contributed by atoms with Gasteiger partial charge in [-0.25, -0.2) is 0 Å². The molecule has 0 aliphatic carbocycles. The zero-order valence-electron chi connectivity index (χ0n) is 9.00. The van der Waals surface area contributed by atoms with E-state index in [0.29, 0.717) is 17.8 Å². The molecule has 2 unspecified atom stereocenters. The molecular formula is C11H24OS. The molecule has 0 aliphatic rings. The zero-order valence-corrected chi connectivity index (χ0v) is 9.89. The van der Waals surface area contributed by atoms with Crippen LogP contribution in [0.25, 0.3) is 0 Å². The molecule has 0 bridgehead atoms.